The van der Waals surface area contributed by atoms with E-state index in [-0.39, 0.29) is 56.1 Å². The molecule has 1 aromatic heterocycles. The van der Waals surface area contributed by atoms with Gasteiger partial charge in [-0.2, -0.15) is 4.98 Å². The Hall–Kier alpha value is -4.22. The van der Waals surface area contributed by atoms with Crippen molar-refractivity contribution in [3.8, 4) is 17.3 Å². The fourth-order valence-corrected chi connectivity index (χ4v) is 4.25. The van der Waals surface area contributed by atoms with E-state index in [0.717, 1.165) is 0 Å². The third kappa shape index (κ3) is 9.71. The van der Waals surface area contributed by atoms with Crippen LogP contribution >= 0.6 is 0 Å². The summed E-state index contributed by atoms with van der Waals surface area (Å²) in [4.78, 5) is 63.8. The van der Waals surface area contributed by atoms with Gasteiger partial charge in [0.05, 0.1) is 12.7 Å². The van der Waals surface area contributed by atoms with Crippen LogP contribution in [0.25, 0.3) is 11.4 Å². The fraction of sp³-hybridized carbons (Fsp3) is 0.533. The third-order valence-corrected chi connectivity index (χ3v) is 6.10. The maximum atomic E-state index is 13.6. The van der Waals surface area contributed by atoms with E-state index in [1.807, 2.05) is 44.2 Å². The Kier molecular flexibility index (Phi) is 11.2. The number of ether oxygens (including phenoxy) is 3. The van der Waals surface area contributed by atoms with Crippen LogP contribution in [0, 0.1) is 0 Å². The lowest BCUT2D eigenvalue weighted by atomic mass is 10.1. The van der Waals surface area contributed by atoms with E-state index in [4.69, 9.17) is 14.2 Å². The normalized spacial score (nSPS) is 14.3. The molecule has 3 rings (SSSR count). The highest BCUT2D eigenvalue weighted by atomic mass is 16.6. The van der Waals surface area contributed by atoms with Crippen molar-refractivity contribution in [1.29, 1.82) is 0 Å². The van der Waals surface area contributed by atoms with Gasteiger partial charge in [-0.05, 0) is 48.0 Å². The van der Waals surface area contributed by atoms with Gasteiger partial charge in [0.1, 0.15) is 17.3 Å². The zero-order valence-corrected chi connectivity index (χ0v) is 25.2. The Balaban J connectivity index is 1.82. The van der Waals surface area contributed by atoms with Crippen molar-refractivity contribution in [3.05, 3.63) is 42.1 Å². The average Bonchev–Trinajstić information content (AvgIpc) is 2.94. The lowest BCUT2D eigenvalue weighted by molar-refractivity contribution is -0.155. The molecule has 1 aliphatic rings. The summed E-state index contributed by atoms with van der Waals surface area (Å²) in [6, 6.07) is 9.55. The summed E-state index contributed by atoms with van der Waals surface area (Å²) in [6.07, 6.45) is -0.700. The van der Waals surface area contributed by atoms with Crippen LogP contribution in [0.5, 0.6) is 5.88 Å². The molecule has 1 N–H and O–H groups in total. The summed E-state index contributed by atoms with van der Waals surface area (Å²) >= 11 is 0. The number of amides is 3. The molecule has 0 bridgehead atoms. The van der Waals surface area contributed by atoms with Crippen LogP contribution < -0.4 is 10.1 Å². The summed E-state index contributed by atoms with van der Waals surface area (Å²) in [5.41, 5.74) is 0.0182. The molecule has 1 atom stereocenters. The monoisotopic (exact) mass is 583 g/mol. The molecule has 228 valence electrons. The Morgan fingerprint density at radius 3 is 2.21 bits per heavy atom. The number of hydrogen-bond acceptors (Lipinski definition) is 9. The summed E-state index contributed by atoms with van der Waals surface area (Å²) in [7, 11) is 0. The Labute approximate surface area is 246 Å². The lowest BCUT2D eigenvalue weighted by Gasteiger charge is -2.36. The predicted molar refractivity (Wildman–Crippen MR) is 155 cm³/mol. The molecule has 1 aromatic carbocycles. The highest BCUT2D eigenvalue weighted by Gasteiger charge is 2.32. The molecule has 0 aliphatic carbocycles. The van der Waals surface area contributed by atoms with E-state index in [1.165, 1.54) is 11.0 Å². The first-order valence-electron chi connectivity index (χ1n) is 14.2. The van der Waals surface area contributed by atoms with Crippen LogP contribution in [0.1, 0.15) is 64.9 Å². The van der Waals surface area contributed by atoms with Crippen molar-refractivity contribution in [2.45, 2.75) is 72.1 Å². The Morgan fingerprint density at radius 2 is 1.62 bits per heavy atom. The second-order valence-electron chi connectivity index (χ2n) is 11.1. The zero-order chi connectivity index (χ0) is 30.9. The first kappa shape index (κ1) is 32.3. The summed E-state index contributed by atoms with van der Waals surface area (Å²) < 4.78 is 16.2. The maximum absolute atomic E-state index is 13.6. The van der Waals surface area contributed by atoms with Crippen LogP contribution in [-0.4, -0.2) is 94.2 Å². The number of esters is 1. The number of benzene rings is 1. The van der Waals surface area contributed by atoms with Crippen molar-refractivity contribution in [2.75, 3.05) is 32.8 Å². The standard InChI is InChI=1S/C30H41N5O7/c1-7-40-29(39)35-17-15-34(16-18-35)28(38)22(13-14-25(36)42-30(4,5)6)32-27(37)23-19-24(41-20(2)3)33-26(31-23)21-11-9-8-10-12-21/h8-12,19-20,22H,7,13-18H2,1-6H3,(H,32,37). The van der Waals surface area contributed by atoms with Crippen molar-refractivity contribution in [2.24, 2.45) is 0 Å². The van der Waals surface area contributed by atoms with Gasteiger partial charge in [-0.25, -0.2) is 9.78 Å². The number of aromatic nitrogens is 2. The van der Waals surface area contributed by atoms with Crippen molar-refractivity contribution >= 4 is 23.9 Å². The van der Waals surface area contributed by atoms with E-state index < -0.39 is 29.6 Å². The minimum atomic E-state index is -1.04. The highest BCUT2D eigenvalue weighted by molar-refractivity contribution is 5.96. The molecule has 2 heterocycles. The van der Waals surface area contributed by atoms with E-state index in [2.05, 4.69) is 15.3 Å². The molecule has 42 heavy (non-hydrogen) atoms. The van der Waals surface area contributed by atoms with Crippen molar-refractivity contribution < 1.29 is 33.4 Å². The van der Waals surface area contributed by atoms with Gasteiger partial charge in [-0.15, -0.1) is 0 Å². The molecule has 1 unspecified atom stereocenters. The third-order valence-electron chi connectivity index (χ3n) is 6.10. The maximum Gasteiger partial charge on any atom is 0.409 e. The second-order valence-corrected chi connectivity index (χ2v) is 11.1. The quantitative estimate of drug-likeness (QED) is 0.417. The number of piperazine rings is 1. The van der Waals surface area contributed by atoms with E-state index >= 15 is 0 Å². The minimum absolute atomic E-state index is 0.0155. The largest absolute Gasteiger partial charge is 0.475 e. The van der Waals surface area contributed by atoms with Gasteiger partial charge in [0, 0.05) is 44.2 Å². The Bertz CT molecular complexity index is 1240. The molecular weight excluding hydrogens is 542 g/mol. The average molecular weight is 584 g/mol. The highest BCUT2D eigenvalue weighted by Crippen LogP contribution is 2.20. The number of nitrogens with zero attached hydrogens (tertiary/aromatic N) is 4. The first-order chi connectivity index (χ1) is 19.9. The van der Waals surface area contributed by atoms with Gasteiger partial charge >= 0.3 is 12.1 Å². The fourth-order valence-electron chi connectivity index (χ4n) is 4.25. The van der Waals surface area contributed by atoms with Crippen LogP contribution in [-0.2, 0) is 19.1 Å². The van der Waals surface area contributed by atoms with Crippen LogP contribution in [0.15, 0.2) is 36.4 Å². The number of hydrogen-bond donors (Lipinski definition) is 1. The smallest absolute Gasteiger partial charge is 0.409 e. The van der Waals surface area contributed by atoms with E-state index in [9.17, 15) is 19.2 Å². The van der Waals surface area contributed by atoms with E-state index in [0.29, 0.717) is 24.5 Å². The number of nitrogens with one attached hydrogen (secondary N) is 1. The summed E-state index contributed by atoms with van der Waals surface area (Å²) in [5, 5.41) is 2.77. The molecule has 1 fully saturated rings. The molecule has 0 radical (unpaired) electrons. The zero-order valence-electron chi connectivity index (χ0n) is 25.2. The molecule has 2 aromatic rings. The SMILES string of the molecule is CCOC(=O)N1CCN(C(=O)C(CCC(=O)OC(C)(C)C)NC(=O)c2cc(OC(C)C)nc(-c3ccccc3)n2)CC1. The minimum Gasteiger partial charge on any atom is -0.475 e. The summed E-state index contributed by atoms with van der Waals surface area (Å²) in [5.74, 6) is -0.952. The predicted octanol–water partition coefficient (Wildman–Crippen LogP) is 3.45. The molecule has 0 saturated carbocycles. The van der Waals surface area contributed by atoms with Gasteiger partial charge < -0.3 is 29.3 Å². The van der Waals surface area contributed by atoms with Gasteiger partial charge in [-0.1, -0.05) is 30.3 Å². The van der Waals surface area contributed by atoms with Crippen molar-refractivity contribution in [1.82, 2.24) is 25.1 Å². The molecule has 1 aliphatic heterocycles. The van der Waals surface area contributed by atoms with Gasteiger partial charge in [0.2, 0.25) is 11.8 Å². The van der Waals surface area contributed by atoms with E-state index in [1.54, 1.807) is 32.6 Å². The summed E-state index contributed by atoms with van der Waals surface area (Å²) in [6.45, 7) is 12.1. The first-order valence-corrected chi connectivity index (χ1v) is 14.2. The Morgan fingerprint density at radius 1 is 0.976 bits per heavy atom. The van der Waals surface area contributed by atoms with Crippen LogP contribution in [0.3, 0.4) is 0 Å². The molecule has 12 heteroatoms. The number of carbonyl (C=O) groups excluding carboxylic acids is 4. The molecule has 1 saturated heterocycles. The number of rotatable bonds is 10. The van der Waals surface area contributed by atoms with Crippen molar-refractivity contribution in [3.63, 3.8) is 0 Å². The topological polar surface area (TPSA) is 140 Å². The molecule has 0 spiro atoms. The molecule has 3 amide bonds. The second kappa shape index (κ2) is 14.6. The van der Waals surface area contributed by atoms with Gasteiger partial charge in [0.25, 0.3) is 5.91 Å². The van der Waals surface area contributed by atoms with Crippen LogP contribution in [0.4, 0.5) is 4.79 Å². The van der Waals surface area contributed by atoms with Gasteiger partial charge in [-0.3, -0.25) is 14.4 Å². The molecular formula is C30H41N5O7. The lowest BCUT2D eigenvalue weighted by Crippen LogP contribution is -2.56. The number of carbonyl (C=O) groups is 4. The van der Waals surface area contributed by atoms with Gasteiger partial charge in [0.15, 0.2) is 5.82 Å². The van der Waals surface area contributed by atoms with Crippen LogP contribution in [0.2, 0.25) is 0 Å². The molecule has 12 nitrogen and oxygen atoms in total.